The van der Waals surface area contributed by atoms with E-state index in [4.69, 9.17) is 11.0 Å². The molecule has 94 valence electrons. The van der Waals surface area contributed by atoms with E-state index in [0.29, 0.717) is 11.3 Å². The van der Waals surface area contributed by atoms with Crippen LogP contribution in [0.4, 0.5) is 11.4 Å². The molecule has 0 bridgehead atoms. The minimum absolute atomic E-state index is 0.580. The minimum atomic E-state index is 0.580. The predicted molar refractivity (Wildman–Crippen MR) is 73.2 cm³/mol. The monoisotopic (exact) mass is 241 g/mol. The summed E-state index contributed by atoms with van der Waals surface area (Å²) in [6.45, 7) is 2.31. The van der Waals surface area contributed by atoms with Gasteiger partial charge in [-0.2, -0.15) is 5.26 Å². The zero-order chi connectivity index (χ0) is 12.5. The second kappa shape index (κ2) is 4.53. The highest BCUT2D eigenvalue weighted by atomic mass is 15.1. The fourth-order valence-electron chi connectivity index (χ4n) is 2.36. The second-order valence-electron chi connectivity index (χ2n) is 5.68. The molecule has 0 aromatic heterocycles. The van der Waals surface area contributed by atoms with E-state index in [0.717, 1.165) is 24.9 Å². The number of nitrogen functional groups attached to an aromatic ring is 1. The van der Waals surface area contributed by atoms with Crippen LogP contribution in [0.25, 0.3) is 0 Å². The summed E-state index contributed by atoms with van der Waals surface area (Å²) in [5.74, 6) is 1.75. The van der Waals surface area contributed by atoms with Crippen LogP contribution in [0.2, 0.25) is 0 Å². The van der Waals surface area contributed by atoms with Crippen LogP contribution in [0.3, 0.4) is 0 Å². The fraction of sp³-hybridized carbons (Fsp3) is 0.533. The molecule has 2 aliphatic rings. The highest BCUT2D eigenvalue weighted by molar-refractivity contribution is 5.63. The minimum Gasteiger partial charge on any atom is -0.398 e. The third-order valence-corrected chi connectivity index (χ3v) is 3.87. The number of benzene rings is 1. The molecule has 3 rings (SSSR count). The number of anilines is 2. The zero-order valence-electron chi connectivity index (χ0n) is 10.6. The van der Waals surface area contributed by atoms with E-state index in [1.807, 2.05) is 18.2 Å². The Morgan fingerprint density at radius 2 is 1.78 bits per heavy atom. The molecular weight excluding hydrogens is 222 g/mol. The maximum Gasteiger partial charge on any atom is 0.101 e. The standard InChI is InChI=1S/C15H19N3/c16-8-13-5-6-14(7-15(13)17)18(9-11-1-2-11)10-12-3-4-12/h5-7,11-12H,1-4,9-10,17H2. The molecule has 0 aliphatic heterocycles. The molecule has 3 nitrogen and oxygen atoms in total. The van der Waals surface area contributed by atoms with Gasteiger partial charge in [-0.3, -0.25) is 0 Å². The third-order valence-electron chi connectivity index (χ3n) is 3.87. The predicted octanol–water partition coefficient (Wildman–Crippen LogP) is 2.77. The van der Waals surface area contributed by atoms with Crippen molar-refractivity contribution in [3.8, 4) is 6.07 Å². The summed E-state index contributed by atoms with van der Waals surface area (Å²) in [6.07, 6.45) is 5.47. The molecule has 0 radical (unpaired) electrons. The molecule has 1 aromatic carbocycles. The van der Waals surface area contributed by atoms with Gasteiger partial charge < -0.3 is 10.6 Å². The highest BCUT2D eigenvalue weighted by Crippen LogP contribution is 2.36. The Labute approximate surface area is 108 Å². The maximum absolute atomic E-state index is 8.92. The van der Waals surface area contributed by atoms with Crippen molar-refractivity contribution < 1.29 is 0 Å². The first-order valence-corrected chi connectivity index (χ1v) is 6.81. The first-order valence-electron chi connectivity index (χ1n) is 6.81. The van der Waals surface area contributed by atoms with E-state index < -0.39 is 0 Å². The molecule has 0 saturated heterocycles. The molecule has 2 aliphatic carbocycles. The molecular formula is C15H19N3. The Morgan fingerprint density at radius 1 is 1.17 bits per heavy atom. The summed E-state index contributed by atoms with van der Waals surface area (Å²) >= 11 is 0. The van der Waals surface area contributed by atoms with Crippen molar-refractivity contribution in [2.24, 2.45) is 11.8 Å². The van der Waals surface area contributed by atoms with Gasteiger partial charge in [0, 0.05) is 18.8 Å². The van der Waals surface area contributed by atoms with Gasteiger partial charge in [0.25, 0.3) is 0 Å². The topological polar surface area (TPSA) is 53.0 Å². The van der Waals surface area contributed by atoms with E-state index in [2.05, 4.69) is 11.0 Å². The Hall–Kier alpha value is -1.69. The average molecular weight is 241 g/mol. The number of nitrogens with two attached hydrogens (primary N) is 1. The van der Waals surface area contributed by atoms with Crippen molar-refractivity contribution in [2.75, 3.05) is 23.7 Å². The van der Waals surface area contributed by atoms with Crippen molar-refractivity contribution >= 4 is 11.4 Å². The highest BCUT2D eigenvalue weighted by Gasteiger charge is 2.29. The lowest BCUT2D eigenvalue weighted by atomic mass is 10.1. The molecule has 18 heavy (non-hydrogen) atoms. The third kappa shape index (κ3) is 2.59. The fourth-order valence-corrected chi connectivity index (χ4v) is 2.36. The lowest BCUT2D eigenvalue weighted by Crippen LogP contribution is -2.28. The Morgan fingerprint density at radius 3 is 2.22 bits per heavy atom. The Balaban J connectivity index is 1.78. The van der Waals surface area contributed by atoms with Crippen molar-refractivity contribution in [3.63, 3.8) is 0 Å². The van der Waals surface area contributed by atoms with Crippen LogP contribution in [-0.4, -0.2) is 13.1 Å². The first-order chi connectivity index (χ1) is 8.76. The van der Waals surface area contributed by atoms with E-state index in [-0.39, 0.29) is 0 Å². The number of hydrogen-bond acceptors (Lipinski definition) is 3. The van der Waals surface area contributed by atoms with Gasteiger partial charge in [0.2, 0.25) is 0 Å². The summed E-state index contributed by atoms with van der Waals surface area (Å²) in [5.41, 5.74) is 8.28. The van der Waals surface area contributed by atoms with Crippen LogP contribution in [0.15, 0.2) is 18.2 Å². The molecule has 3 heteroatoms. The Bertz CT molecular complexity index is 467. The smallest absolute Gasteiger partial charge is 0.101 e. The van der Waals surface area contributed by atoms with Crippen molar-refractivity contribution in [1.82, 2.24) is 0 Å². The lowest BCUT2D eigenvalue weighted by molar-refractivity contribution is 0.679. The molecule has 0 amide bonds. The van der Waals surface area contributed by atoms with Crippen LogP contribution in [-0.2, 0) is 0 Å². The van der Waals surface area contributed by atoms with Crippen molar-refractivity contribution in [1.29, 1.82) is 5.26 Å². The van der Waals surface area contributed by atoms with Crippen LogP contribution < -0.4 is 10.6 Å². The van der Waals surface area contributed by atoms with Gasteiger partial charge in [-0.05, 0) is 55.7 Å². The van der Waals surface area contributed by atoms with E-state index >= 15 is 0 Å². The quantitative estimate of drug-likeness (QED) is 0.806. The SMILES string of the molecule is N#Cc1ccc(N(CC2CC2)CC2CC2)cc1N. The summed E-state index contributed by atoms with van der Waals surface area (Å²) in [6, 6.07) is 7.97. The van der Waals surface area contributed by atoms with E-state index in [1.54, 1.807) is 0 Å². The molecule has 2 N–H and O–H groups in total. The summed E-state index contributed by atoms with van der Waals surface area (Å²) in [5, 5.41) is 8.92. The largest absolute Gasteiger partial charge is 0.398 e. The van der Waals surface area contributed by atoms with Gasteiger partial charge >= 0.3 is 0 Å². The molecule has 0 unspecified atom stereocenters. The van der Waals surface area contributed by atoms with E-state index in [1.165, 1.54) is 31.4 Å². The van der Waals surface area contributed by atoms with Gasteiger partial charge in [-0.15, -0.1) is 0 Å². The molecule has 0 atom stereocenters. The second-order valence-corrected chi connectivity index (χ2v) is 5.68. The molecule has 0 heterocycles. The summed E-state index contributed by atoms with van der Waals surface area (Å²) in [7, 11) is 0. The number of nitriles is 1. The van der Waals surface area contributed by atoms with Gasteiger partial charge in [0.05, 0.1) is 11.3 Å². The van der Waals surface area contributed by atoms with Gasteiger partial charge in [-0.25, -0.2) is 0 Å². The first kappa shape index (κ1) is 11.4. The molecule has 2 saturated carbocycles. The Kier molecular flexibility index (Phi) is 2.87. The van der Waals surface area contributed by atoms with Crippen molar-refractivity contribution in [2.45, 2.75) is 25.7 Å². The summed E-state index contributed by atoms with van der Waals surface area (Å²) in [4.78, 5) is 2.47. The van der Waals surface area contributed by atoms with Crippen molar-refractivity contribution in [3.05, 3.63) is 23.8 Å². The van der Waals surface area contributed by atoms with Crippen LogP contribution in [0.1, 0.15) is 31.2 Å². The average Bonchev–Trinajstić information content (AvgIpc) is 3.23. The van der Waals surface area contributed by atoms with Crippen LogP contribution in [0.5, 0.6) is 0 Å². The number of rotatable bonds is 5. The van der Waals surface area contributed by atoms with Crippen LogP contribution >= 0.6 is 0 Å². The normalized spacial score (nSPS) is 18.4. The summed E-state index contributed by atoms with van der Waals surface area (Å²) < 4.78 is 0. The number of hydrogen-bond donors (Lipinski definition) is 1. The van der Waals surface area contributed by atoms with Gasteiger partial charge in [0.15, 0.2) is 0 Å². The molecule has 0 spiro atoms. The van der Waals surface area contributed by atoms with Crippen LogP contribution in [0, 0.1) is 23.2 Å². The molecule has 2 fully saturated rings. The maximum atomic E-state index is 8.92. The molecule has 1 aromatic rings. The lowest BCUT2D eigenvalue weighted by Gasteiger charge is -2.25. The number of nitrogens with zero attached hydrogens (tertiary/aromatic N) is 2. The zero-order valence-corrected chi connectivity index (χ0v) is 10.6. The van der Waals surface area contributed by atoms with Gasteiger partial charge in [0.1, 0.15) is 6.07 Å². The van der Waals surface area contributed by atoms with Gasteiger partial charge in [-0.1, -0.05) is 0 Å². The van der Waals surface area contributed by atoms with E-state index in [9.17, 15) is 0 Å².